The van der Waals surface area contributed by atoms with Gasteiger partial charge in [0.15, 0.2) is 0 Å². The Bertz CT molecular complexity index is 645. The van der Waals surface area contributed by atoms with Gasteiger partial charge >= 0.3 is 0 Å². The molecule has 0 radical (unpaired) electrons. The van der Waals surface area contributed by atoms with Crippen LogP contribution in [0.1, 0.15) is 12.8 Å². The van der Waals surface area contributed by atoms with E-state index in [9.17, 15) is 14.4 Å². The van der Waals surface area contributed by atoms with E-state index in [4.69, 9.17) is 0 Å². The second-order valence-corrected chi connectivity index (χ2v) is 6.72. The van der Waals surface area contributed by atoms with Crippen LogP contribution in [0.4, 0.5) is 5.69 Å². The Morgan fingerprint density at radius 2 is 1.82 bits per heavy atom. The minimum atomic E-state index is -0.352. The van der Waals surface area contributed by atoms with E-state index >= 15 is 0 Å². The molecule has 1 aromatic carbocycles. The summed E-state index contributed by atoms with van der Waals surface area (Å²) in [6.07, 6.45) is 5.04. The summed E-state index contributed by atoms with van der Waals surface area (Å²) < 4.78 is 1.00. The zero-order valence-electron chi connectivity index (χ0n) is 11.8. The Morgan fingerprint density at radius 3 is 2.41 bits per heavy atom. The molecule has 0 aromatic heterocycles. The largest absolute Gasteiger partial charge is 0.324 e. The van der Waals surface area contributed by atoms with Crippen molar-refractivity contribution in [3.63, 3.8) is 0 Å². The zero-order chi connectivity index (χ0) is 15.7. The van der Waals surface area contributed by atoms with Gasteiger partial charge in [0, 0.05) is 9.26 Å². The van der Waals surface area contributed by atoms with Crippen molar-refractivity contribution in [2.24, 2.45) is 11.8 Å². The zero-order valence-corrected chi connectivity index (χ0v) is 13.9. The van der Waals surface area contributed by atoms with Crippen molar-refractivity contribution in [2.45, 2.75) is 12.8 Å². The molecule has 3 amide bonds. The van der Waals surface area contributed by atoms with Crippen molar-refractivity contribution in [1.82, 2.24) is 4.90 Å². The van der Waals surface area contributed by atoms with E-state index in [0.29, 0.717) is 18.5 Å². The normalized spacial score (nSPS) is 23.6. The number of amides is 3. The minimum absolute atomic E-state index is 0.212. The van der Waals surface area contributed by atoms with Crippen LogP contribution in [0.25, 0.3) is 0 Å². The molecule has 3 rings (SSSR count). The summed E-state index contributed by atoms with van der Waals surface area (Å²) in [6.45, 7) is -0.212. The summed E-state index contributed by atoms with van der Waals surface area (Å²) in [5.74, 6) is -1.38. The van der Waals surface area contributed by atoms with Gasteiger partial charge in [-0.25, -0.2) is 0 Å². The molecule has 1 N–H and O–H groups in total. The third-order valence-electron chi connectivity index (χ3n) is 4.01. The molecule has 114 valence electrons. The van der Waals surface area contributed by atoms with Gasteiger partial charge in [0.05, 0.1) is 11.8 Å². The molecule has 0 unspecified atom stereocenters. The Morgan fingerprint density at radius 1 is 1.18 bits per heavy atom. The standard InChI is InChI=1S/C16H15IN2O3/c17-10-4-3-5-11(8-10)18-14(20)9-19-15(21)12-6-1-2-7-13(12)16(19)22/h1-5,8,12-13H,6-7,9H2,(H,18,20)/t12-,13-/m1/s1. The lowest BCUT2D eigenvalue weighted by Crippen LogP contribution is -2.38. The molecule has 0 saturated carbocycles. The maximum absolute atomic E-state index is 12.3. The number of anilines is 1. The molecule has 1 aliphatic heterocycles. The van der Waals surface area contributed by atoms with Crippen LogP contribution in [0, 0.1) is 15.4 Å². The van der Waals surface area contributed by atoms with Crippen LogP contribution < -0.4 is 5.32 Å². The van der Waals surface area contributed by atoms with Gasteiger partial charge in [0.2, 0.25) is 17.7 Å². The monoisotopic (exact) mass is 410 g/mol. The molecular weight excluding hydrogens is 395 g/mol. The number of rotatable bonds is 3. The van der Waals surface area contributed by atoms with E-state index in [1.165, 1.54) is 0 Å². The Kier molecular flexibility index (Phi) is 4.28. The van der Waals surface area contributed by atoms with Crippen LogP contribution in [-0.4, -0.2) is 29.2 Å². The summed E-state index contributed by atoms with van der Waals surface area (Å²) in [5.41, 5.74) is 0.662. The van der Waals surface area contributed by atoms with Crippen molar-refractivity contribution >= 4 is 46.0 Å². The maximum Gasteiger partial charge on any atom is 0.244 e. The van der Waals surface area contributed by atoms with Crippen molar-refractivity contribution < 1.29 is 14.4 Å². The first-order valence-corrected chi connectivity index (χ1v) is 8.20. The molecule has 0 spiro atoms. The van der Waals surface area contributed by atoms with Gasteiger partial charge in [-0.05, 0) is 53.6 Å². The number of allylic oxidation sites excluding steroid dienone is 2. The Hall–Kier alpha value is -1.70. The van der Waals surface area contributed by atoms with Crippen molar-refractivity contribution in [1.29, 1.82) is 0 Å². The number of hydrogen-bond acceptors (Lipinski definition) is 3. The highest BCUT2D eigenvalue weighted by Gasteiger charge is 2.47. The maximum atomic E-state index is 12.3. The summed E-state index contributed by atoms with van der Waals surface area (Å²) in [7, 11) is 0. The SMILES string of the molecule is O=C(CN1C(=O)[C@@H]2CC=CC[C@H]2C1=O)Nc1cccc(I)c1. The van der Waals surface area contributed by atoms with Crippen molar-refractivity contribution in [2.75, 3.05) is 11.9 Å². The van der Waals surface area contributed by atoms with Crippen LogP contribution in [0.2, 0.25) is 0 Å². The molecule has 1 aliphatic carbocycles. The third-order valence-corrected chi connectivity index (χ3v) is 4.68. The summed E-state index contributed by atoms with van der Waals surface area (Å²) >= 11 is 2.15. The molecule has 5 nitrogen and oxygen atoms in total. The van der Waals surface area contributed by atoms with Gasteiger partial charge in [-0.15, -0.1) is 0 Å². The average Bonchev–Trinajstić information content (AvgIpc) is 2.73. The Balaban J connectivity index is 1.67. The molecule has 22 heavy (non-hydrogen) atoms. The Labute approximate surface area is 141 Å². The predicted molar refractivity (Wildman–Crippen MR) is 89.9 cm³/mol. The molecule has 2 aliphatic rings. The molecule has 1 heterocycles. The number of fused-ring (bicyclic) bond motifs is 1. The van der Waals surface area contributed by atoms with Gasteiger partial charge in [-0.3, -0.25) is 19.3 Å². The summed E-state index contributed by atoms with van der Waals surface area (Å²) in [6, 6.07) is 7.36. The number of hydrogen-bond donors (Lipinski definition) is 1. The van der Waals surface area contributed by atoms with E-state index in [1.807, 2.05) is 30.4 Å². The topological polar surface area (TPSA) is 66.5 Å². The highest BCUT2D eigenvalue weighted by Crippen LogP contribution is 2.34. The molecule has 0 bridgehead atoms. The van der Waals surface area contributed by atoms with E-state index in [2.05, 4.69) is 27.9 Å². The minimum Gasteiger partial charge on any atom is -0.324 e. The third kappa shape index (κ3) is 2.92. The second-order valence-electron chi connectivity index (χ2n) is 5.48. The molecule has 1 fully saturated rings. The second kappa shape index (κ2) is 6.20. The molecule has 6 heteroatoms. The van der Waals surface area contributed by atoms with Gasteiger partial charge in [-0.2, -0.15) is 0 Å². The smallest absolute Gasteiger partial charge is 0.244 e. The number of carbonyl (C=O) groups excluding carboxylic acids is 3. The lowest BCUT2D eigenvalue weighted by atomic mass is 9.85. The lowest BCUT2D eigenvalue weighted by Gasteiger charge is -2.14. The number of carbonyl (C=O) groups is 3. The van der Waals surface area contributed by atoms with Crippen LogP contribution in [0.5, 0.6) is 0 Å². The van der Waals surface area contributed by atoms with E-state index < -0.39 is 0 Å². The van der Waals surface area contributed by atoms with Gasteiger partial charge in [0.25, 0.3) is 0 Å². The van der Waals surface area contributed by atoms with E-state index in [0.717, 1.165) is 8.47 Å². The lowest BCUT2D eigenvalue weighted by molar-refractivity contribution is -0.142. The van der Waals surface area contributed by atoms with Crippen LogP contribution in [-0.2, 0) is 14.4 Å². The number of imide groups is 1. The first-order valence-electron chi connectivity index (χ1n) is 7.12. The van der Waals surface area contributed by atoms with E-state index in [1.54, 1.807) is 6.07 Å². The molecule has 2 atom stereocenters. The number of halogens is 1. The number of nitrogens with one attached hydrogen (secondary N) is 1. The number of benzene rings is 1. The summed E-state index contributed by atoms with van der Waals surface area (Å²) in [5, 5.41) is 2.73. The fraction of sp³-hybridized carbons (Fsp3) is 0.312. The van der Waals surface area contributed by atoms with Crippen LogP contribution >= 0.6 is 22.6 Å². The van der Waals surface area contributed by atoms with Crippen LogP contribution in [0.15, 0.2) is 36.4 Å². The molecule has 1 aromatic rings. The van der Waals surface area contributed by atoms with Crippen molar-refractivity contribution in [3.8, 4) is 0 Å². The predicted octanol–water partition coefficient (Wildman–Crippen LogP) is 2.18. The fourth-order valence-electron chi connectivity index (χ4n) is 2.94. The average molecular weight is 410 g/mol. The van der Waals surface area contributed by atoms with Crippen molar-refractivity contribution in [3.05, 3.63) is 40.0 Å². The highest BCUT2D eigenvalue weighted by atomic mass is 127. The molecule has 1 saturated heterocycles. The first-order chi connectivity index (χ1) is 10.6. The first kappa shape index (κ1) is 15.2. The van der Waals surface area contributed by atoms with Gasteiger partial charge < -0.3 is 5.32 Å². The summed E-state index contributed by atoms with van der Waals surface area (Å²) in [4.78, 5) is 37.8. The van der Waals surface area contributed by atoms with E-state index in [-0.39, 0.29) is 36.1 Å². The quantitative estimate of drug-likeness (QED) is 0.472. The fourth-order valence-corrected chi connectivity index (χ4v) is 3.48. The van der Waals surface area contributed by atoms with Crippen LogP contribution in [0.3, 0.4) is 0 Å². The van der Waals surface area contributed by atoms with Gasteiger partial charge in [0.1, 0.15) is 6.54 Å². The van der Waals surface area contributed by atoms with Gasteiger partial charge in [-0.1, -0.05) is 18.2 Å². The number of nitrogens with zero attached hydrogens (tertiary/aromatic N) is 1. The molecular formula is C16H15IN2O3. The number of likely N-dealkylation sites (tertiary alicyclic amines) is 1. The highest BCUT2D eigenvalue weighted by molar-refractivity contribution is 14.1.